The Labute approximate surface area is 120 Å². The van der Waals surface area contributed by atoms with Crippen molar-refractivity contribution >= 4 is 11.7 Å². The van der Waals surface area contributed by atoms with Crippen LogP contribution in [0, 0.1) is 0 Å². The third-order valence-electron chi connectivity index (χ3n) is 4.21. The average Bonchev–Trinajstić information content (AvgIpc) is 2.95. The number of likely N-dealkylation sites (N-methyl/N-ethyl adjacent to an activating group) is 1. The lowest BCUT2D eigenvalue weighted by Crippen LogP contribution is -2.50. The number of nitrogens with zero attached hydrogens (tertiary/aromatic N) is 3. The van der Waals surface area contributed by atoms with Crippen LogP contribution in [-0.4, -0.2) is 54.2 Å². The maximum Gasteiger partial charge on any atom is 0.271 e. The van der Waals surface area contributed by atoms with Gasteiger partial charge in [-0.25, -0.2) is 0 Å². The molecule has 1 aliphatic rings. The van der Waals surface area contributed by atoms with Gasteiger partial charge in [0.1, 0.15) is 5.82 Å². The molecule has 0 radical (unpaired) electrons. The van der Waals surface area contributed by atoms with Crippen LogP contribution in [0.5, 0.6) is 0 Å². The minimum absolute atomic E-state index is 0.0913. The number of hydrogen-bond donors (Lipinski definition) is 2. The van der Waals surface area contributed by atoms with Crippen LogP contribution < -0.4 is 10.6 Å². The summed E-state index contributed by atoms with van der Waals surface area (Å²) in [6, 6.07) is 3.43. The molecule has 0 unspecified atom stereocenters. The molecule has 1 heterocycles. The molecule has 110 valence electrons. The molecule has 0 atom stereocenters. The predicted octanol–water partition coefficient (Wildman–Crippen LogP) is 1.12. The van der Waals surface area contributed by atoms with E-state index in [1.165, 1.54) is 12.8 Å². The molecule has 0 saturated heterocycles. The Balaban J connectivity index is 1.97. The second-order valence-electron chi connectivity index (χ2n) is 5.56. The Kier molecular flexibility index (Phi) is 4.54. The van der Waals surface area contributed by atoms with Crippen LogP contribution >= 0.6 is 0 Å². The van der Waals surface area contributed by atoms with Gasteiger partial charge in [-0.1, -0.05) is 12.8 Å². The van der Waals surface area contributed by atoms with Gasteiger partial charge in [-0.15, -0.1) is 10.2 Å². The zero-order valence-electron chi connectivity index (χ0n) is 12.4. The summed E-state index contributed by atoms with van der Waals surface area (Å²) in [5.41, 5.74) is 0.449. The first-order chi connectivity index (χ1) is 9.57. The van der Waals surface area contributed by atoms with Crippen LogP contribution in [0.1, 0.15) is 36.2 Å². The second kappa shape index (κ2) is 6.17. The molecule has 20 heavy (non-hydrogen) atoms. The fraction of sp³-hybridized carbons (Fsp3) is 0.643. The minimum atomic E-state index is -0.159. The molecule has 0 aromatic carbocycles. The summed E-state index contributed by atoms with van der Waals surface area (Å²) in [5.74, 6) is 0.496. The molecule has 1 amide bonds. The Morgan fingerprint density at radius 1 is 1.30 bits per heavy atom. The van der Waals surface area contributed by atoms with Crippen LogP contribution in [-0.2, 0) is 0 Å². The quantitative estimate of drug-likeness (QED) is 0.844. The van der Waals surface area contributed by atoms with Crippen molar-refractivity contribution in [2.45, 2.75) is 31.2 Å². The molecule has 6 nitrogen and oxygen atoms in total. The van der Waals surface area contributed by atoms with Gasteiger partial charge in [0.2, 0.25) is 0 Å². The van der Waals surface area contributed by atoms with Gasteiger partial charge in [0, 0.05) is 19.1 Å². The van der Waals surface area contributed by atoms with Gasteiger partial charge in [0.15, 0.2) is 5.69 Å². The zero-order valence-corrected chi connectivity index (χ0v) is 12.4. The standard InChI is InChI=1S/C14H23N5O/c1-15-12-7-6-11(17-18-12)13(20)16-10-14(19(2)3)8-4-5-9-14/h6-7H,4-5,8-10H2,1-3H3,(H,15,18)(H,16,20). The first kappa shape index (κ1) is 14.7. The summed E-state index contributed by atoms with van der Waals surface area (Å²) < 4.78 is 0. The molecular formula is C14H23N5O. The number of carbonyl (C=O) groups excluding carboxylic acids is 1. The van der Waals surface area contributed by atoms with E-state index in [-0.39, 0.29) is 11.4 Å². The molecule has 0 aliphatic heterocycles. The fourth-order valence-electron chi connectivity index (χ4n) is 2.74. The molecule has 1 aromatic heterocycles. The number of anilines is 1. The molecular weight excluding hydrogens is 254 g/mol. The van der Waals surface area contributed by atoms with Crippen LogP contribution in [0.25, 0.3) is 0 Å². The summed E-state index contributed by atoms with van der Waals surface area (Å²) in [4.78, 5) is 14.3. The van der Waals surface area contributed by atoms with Gasteiger partial charge < -0.3 is 15.5 Å². The van der Waals surface area contributed by atoms with Crippen molar-refractivity contribution in [1.29, 1.82) is 0 Å². The highest BCUT2D eigenvalue weighted by atomic mass is 16.1. The number of carbonyl (C=O) groups is 1. The average molecular weight is 277 g/mol. The van der Waals surface area contributed by atoms with E-state index in [9.17, 15) is 4.79 Å². The van der Waals surface area contributed by atoms with E-state index in [0.29, 0.717) is 18.1 Å². The van der Waals surface area contributed by atoms with E-state index in [0.717, 1.165) is 12.8 Å². The number of rotatable bonds is 5. The van der Waals surface area contributed by atoms with Crippen molar-refractivity contribution < 1.29 is 4.79 Å². The van der Waals surface area contributed by atoms with Crippen molar-refractivity contribution in [1.82, 2.24) is 20.4 Å². The lowest BCUT2D eigenvalue weighted by Gasteiger charge is -2.36. The van der Waals surface area contributed by atoms with Crippen LogP contribution in [0.4, 0.5) is 5.82 Å². The smallest absolute Gasteiger partial charge is 0.271 e. The highest BCUT2D eigenvalue weighted by Crippen LogP contribution is 2.33. The fourth-order valence-corrected chi connectivity index (χ4v) is 2.74. The normalized spacial score (nSPS) is 17.2. The molecule has 1 aliphatic carbocycles. The van der Waals surface area contributed by atoms with Gasteiger partial charge in [0.25, 0.3) is 5.91 Å². The summed E-state index contributed by atoms with van der Waals surface area (Å²) in [6.07, 6.45) is 4.71. The van der Waals surface area contributed by atoms with Crippen molar-refractivity contribution in [3.8, 4) is 0 Å². The highest BCUT2D eigenvalue weighted by Gasteiger charge is 2.36. The first-order valence-corrected chi connectivity index (χ1v) is 7.04. The van der Waals surface area contributed by atoms with Gasteiger partial charge in [-0.05, 0) is 39.1 Å². The number of aromatic nitrogens is 2. The van der Waals surface area contributed by atoms with Crippen LogP contribution in [0.3, 0.4) is 0 Å². The molecule has 1 fully saturated rings. The van der Waals surface area contributed by atoms with Crippen LogP contribution in [0.15, 0.2) is 12.1 Å². The SMILES string of the molecule is CNc1ccc(C(=O)NCC2(N(C)C)CCCC2)nn1. The molecule has 6 heteroatoms. The molecule has 0 bridgehead atoms. The van der Waals surface area contributed by atoms with E-state index >= 15 is 0 Å². The molecule has 1 aromatic rings. The third-order valence-corrected chi connectivity index (χ3v) is 4.21. The van der Waals surface area contributed by atoms with Gasteiger partial charge in [0.05, 0.1) is 0 Å². The summed E-state index contributed by atoms with van der Waals surface area (Å²) >= 11 is 0. The third kappa shape index (κ3) is 3.07. The maximum atomic E-state index is 12.1. The van der Waals surface area contributed by atoms with E-state index < -0.39 is 0 Å². The Bertz CT molecular complexity index is 451. The minimum Gasteiger partial charge on any atom is -0.372 e. The maximum absolute atomic E-state index is 12.1. The number of nitrogens with one attached hydrogen (secondary N) is 2. The summed E-state index contributed by atoms with van der Waals surface area (Å²) in [5, 5.41) is 13.7. The lowest BCUT2D eigenvalue weighted by atomic mass is 9.96. The van der Waals surface area contributed by atoms with Crippen LogP contribution in [0.2, 0.25) is 0 Å². The number of amides is 1. The Morgan fingerprint density at radius 3 is 2.50 bits per heavy atom. The largest absolute Gasteiger partial charge is 0.372 e. The van der Waals surface area contributed by atoms with Crippen molar-refractivity contribution in [3.63, 3.8) is 0 Å². The van der Waals surface area contributed by atoms with Crippen molar-refractivity contribution in [2.24, 2.45) is 0 Å². The highest BCUT2D eigenvalue weighted by molar-refractivity contribution is 5.92. The Morgan fingerprint density at radius 2 is 2.00 bits per heavy atom. The topological polar surface area (TPSA) is 70.2 Å². The molecule has 2 N–H and O–H groups in total. The monoisotopic (exact) mass is 277 g/mol. The van der Waals surface area contributed by atoms with Gasteiger partial charge in [-0.2, -0.15) is 0 Å². The van der Waals surface area contributed by atoms with Gasteiger partial charge in [-0.3, -0.25) is 4.79 Å². The van der Waals surface area contributed by atoms with Crippen molar-refractivity contribution in [2.75, 3.05) is 33.0 Å². The predicted molar refractivity (Wildman–Crippen MR) is 78.8 cm³/mol. The second-order valence-corrected chi connectivity index (χ2v) is 5.56. The Hall–Kier alpha value is -1.69. The summed E-state index contributed by atoms with van der Waals surface area (Å²) in [7, 11) is 5.93. The van der Waals surface area contributed by atoms with E-state index in [4.69, 9.17) is 0 Å². The molecule has 2 rings (SSSR count). The van der Waals surface area contributed by atoms with Crippen molar-refractivity contribution in [3.05, 3.63) is 17.8 Å². The van der Waals surface area contributed by atoms with E-state index in [1.54, 1.807) is 19.2 Å². The lowest BCUT2D eigenvalue weighted by molar-refractivity contribution is 0.0894. The van der Waals surface area contributed by atoms with Gasteiger partial charge >= 0.3 is 0 Å². The first-order valence-electron chi connectivity index (χ1n) is 7.04. The zero-order chi connectivity index (χ0) is 14.6. The molecule has 0 spiro atoms. The molecule has 1 saturated carbocycles. The summed E-state index contributed by atoms with van der Waals surface area (Å²) in [6.45, 7) is 0.661. The van der Waals surface area contributed by atoms with E-state index in [1.807, 2.05) is 0 Å². The number of hydrogen-bond acceptors (Lipinski definition) is 5. The van der Waals surface area contributed by atoms with E-state index in [2.05, 4.69) is 39.8 Å².